The smallest absolute Gasteiger partial charge is 0.228 e. The highest BCUT2D eigenvalue weighted by Crippen LogP contribution is 2.60. The van der Waals surface area contributed by atoms with E-state index in [1.807, 2.05) is 25.1 Å². The Labute approximate surface area is 136 Å². The van der Waals surface area contributed by atoms with Gasteiger partial charge in [-0.25, -0.2) is 0 Å². The van der Waals surface area contributed by atoms with Gasteiger partial charge in [0.2, 0.25) is 5.91 Å². The standard InChI is InChI=1S/C20H22N2O/c1-13-8-9-15(21)11-18(13)22-19(23)17-12-20(17)10-4-6-14-5-2-3-7-16(14)20/h2-3,5,7-9,11,17H,4,6,10,12,21H2,1H3,(H,22,23). The summed E-state index contributed by atoms with van der Waals surface area (Å²) in [5.41, 5.74) is 11.3. The monoisotopic (exact) mass is 306 g/mol. The molecule has 0 radical (unpaired) electrons. The Balaban J connectivity index is 1.58. The zero-order valence-electron chi connectivity index (χ0n) is 13.4. The summed E-state index contributed by atoms with van der Waals surface area (Å²) in [5, 5.41) is 3.10. The molecule has 1 spiro atoms. The van der Waals surface area contributed by atoms with E-state index in [1.165, 1.54) is 17.5 Å². The van der Waals surface area contributed by atoms with Crippen LogP contribution in [0.2, 0.25) is 0 Å². The predicted octanol–water partition coefficient (Wildman–Crippen LogP) is 3.81. The molecule has 3 heteroatoms. The normalized spacial score (nSPS) is 25.0. The van der Waals surface area contributed by atoms with E-state index in [9.17, 15) is 4.79 Å². The number of hydrogen-bond donors (Lipinski definition) is 2. The minimum atomic E-state index is 0.0765. The number of carbonyl (C=O) groups excluding carboxylic acids is 1. The highest BCUT2D eigenvalue weighted by Gasteiger charge is 2.60. The van der Waals surface area contributed by atoms with Crippen molar-refractivity contribution in [2.24, 2.45) is 5.92 Å². The first kappa shape index (κ1) is 14.3. The molecule has 4 rings (SSSR count). The molecule has 23 heavy (non-hydrogen) atoms. The first-order valence-corrected chi connectivity index (χ1v) is 8.35. The number of nitrogen functional groups attached to an aromatic ring is 1. The van der Waals surface area contributed by atoms with Crippen LogP contribution in [0.25, 0.3) is 0 Å². The van der Waals surface area contributed by atoms with Gasteiger partial charge >= 0.3 is 0 Å². The molecule has 1 amide bonds. The van der Waals surface area contributed by atoms with E-state index < -0.39 is 0 Å². The molecule has 0 bridgehead atoms. The Morgan fingerprint density at radius 2 is 2.09 bits per heavy atom. The van der Waals surface area contributed by atoms with Crippen LogP contribution < -0.4 is 11.1 Å². The Bertz CT molecular complexity index is 783. The number of aryl methyl sites for hydroxylation is 2. The topological polar surface area (TPSA) is 55.1 Å². The van der Waals surface area contributed by atoms with Crippen LogP contribution in [0.15, 0.2) is 42.5 Å². The van der Waals surface area contributed by atoms with Crippen LogP contribution in [0.1, 0.15) is 36.0 Å². The average Bonchev–Trinajstić information content (AvgIpc) is 3.26. The molecular weight excluding hydrogens is 284 g/mol. The van der Waals surface area contributed by atoms with Crippen LogP contribution in [0.3, 0.4) is 0 Å². The second kappa shape index (κ2) is 5.12. The minimum Gasteiger partial charge on any atom is -0.399 e. The van der Waals surface area contributed by atoms with E-state index in [0.717, 1.165) is 30.5 Å². The molecule has 2 aromatic rings. The van der Waals surface area contributed by atoms with Crippen molar-refractivity contribution in [2.45, 2.75) is 38.0 Å². The number of carbonyl (C=O) groups is 1. The average molecular weight is 306 g/mol. The second-order valence-electron chi connectivity index (χ2n) is 6.99. The molecule has 0 heterocycles. The molecule has 1 fully saturated rings. The Hall–Kier alpha value is -2.29. The zero-order valence-corrected chi connectivity index (χ0v) is 13.4. The van der Waals surface area contributed by atoms with Crippen LogP contribution in [-0.2, 0) is 16.6 Å². The summed E-state index contributed by atoms with van der Waals surface area (Å²) < 4.78 is 0. The van der Waals surface area contributed by atoms with Gasteiger partial charge in [0.05, 0.1) is 0 Å². The van der Waals surface area contributed by atoms with Crippen molar-refractivity contribution in [1.29, 1.82) is 0 Å². The van der Waals surface area contributed by atoms with Crippen LogP contribution in [0.5, 0.6) is 0 Å². The number of anilines is 2. The van der Waals surface area contributed by atoms with Crippen molar-refractivity contribution in [3.8, 4) is 0 Å². The van der Waals surface area contributed by atoms with Gasteiger partial charge in [-0.2, -0.15) is 0 Å². The molecule has 0 aliphatic heterocycles. The Morgan fingerprint density at radius 3 is 2.96 bits per heavy atom. The van der Waals surface area contributed by atoms with Gasteiger partial charge in [0.15, 0.2) is 0 Å². The summed E-state index contributed by atoms with van der Waals surface area (Å²) in [4.78, 5) is 12.8. The van der Waals surface area contributed by atoms with Gasteiger partial charge in [-0.15, -0.1) is 0 Å². The Morgan fingerprint density at radius 1 is 1.26 bits per heavy atom. The lowest BCUT2D eigenvalue weighted by molar-refractivity contribution is -0.117. The molecule has 1 saturated carbocycles. The summed E-state index contributed by atoms with van der Waals surface area (Å²) in [7, 11) is 0. The van der Waals surface area contributed by atoms with Gasteiger partial charge in [-0.3, -0.25) is 4.79 Å². The molecule has 2 aromatic carbocycles. The minimum absolute atomic E-state index is 0.0765. The third kappa shape index (κ3) is 2.31. The fraction of sp³-hybridized carbons (Fsp3) is 0.350. The van der Waals surface area contributed by atoms with Gasteiger partial charge in [0.1, 0.15) is 0 Å². The molecule has 2 atom stereocenters. The van der Waals surface area contributed by atoms with E-state index in [2.05, 4.69) is 29.6 Å². The number of amides is 1. The maximum atomic E-state index is 12.8. The van der Waals surface area contributed by atoms with Gasteiger partial charge in [0, 0.05) is 22.7 Å². The molecule has 118 valence electrons. The van der Waals surface area contributed by atoms with E-state index in [0.29, 0.717) is 5.69 Å². The van der Waals surface area contributed by atoms with E-state index in [-0.39, 0.29) is 17.2 Å². The van der Waals surface area contributed by atoms with Gasteiger partial charge in [0.25, 0.3) is 0 Å². The molecule has 2 unspecified atom stereocenters. The highest BCUT2D eigenvalue weighted by atomic mass is 16.2. The number of rotatable bonds is 2. The SMILES string of the molecule is Cc1ccc(N)cc1NC(=O)C1CC12CCCc1ccccc12. The number of nitrogens with one attached hydrogen (secondary N) is 1. The first-order valence-electron chi connectivity index (χ1n) is 8.35. The summed E-state index contributed by atoms with van der Waals surface area (Å²) in [6, 6.07) is 14.3. The van der Waals surface area contributed by atoms with Crippen molar-refractivity contribution in [3.63, 3.8) is 0 Å². The number of benzene rings is 2. The van der Waals surface area contributed by atoms with Crippen LogP contribution in [0.4, 0.5) is 11.4 Å². The molecule has 2 aliphatic rings. The molecule has 0 aromatic heterocycles. The fourth-order valence-corrected chi connectivity index (χ4v) is 4.17. The van der Waals surface area contributed by atoms with Crippen molar-refractivity contribution < 1.29 is 4.79 Å². The number of nitrogens with two attached hydrogens (primary N) is 1. The zero-order chi connectivity index (χ0) is 16.0. The van der Waals surface area contributed by atoms with Gasteiger partial charge in [-0.1, -0.05) is 30.3 Å². The number of fused-ring (bicyclic) bond motifs is 2. The van der Waals surface area contributed by atoms with Gasteiger partial charge in [-0.05, 0) is 61.4 Å². The third-order valence-electron chi connectivity index (χ3n) is 5.53. The lowest BCUT2D eigenvalue weighted by atomic mass is 9.78. The molecular formula is C20H22N2O. The molecule has 0 saturated heterocycles. The summed E-state index contributed by atoms with van der Waals surface area (Å²) >= 11 is 0. The summed E-state index contributed by atoms with van der Waals surface area (Å²) in [5.74, 6) is 0.222. The van der Waals surface area contributed by atoms with Crippen molar-refractivity contribution >= 4 is 17.3 Å². The summed E-state index contributed by atoms with van der Waals surface area (Å²) in [6.45, 7) is 1.99. The van der Waals surface area contributed by atoms with Crippen LogP contribution >= 0.6 is 0 Å². The van der Waals surface area contributed by atoms with Gasteiger partial charge < -0.3 is 11.1 Å². The Kier molecular flexibility index (Phi) is 3.19. The fourth-order valence-electron chi connectivity index (χ4n) is 4.17. The predicted molar refractivity (Wildman–Crippen MR) is 93.4 cm³/mol. The second-order valence-corrected chi connectivity index (χ2v) is 6.99. The van der Waals surface area contributed by atoms with Crippen LogP contribution in [-0.4, -0.2) is 5.91 Å². The third-order valence-corrected chi connectivity index (χ3v) is 5.53. The maximum absolute atomic E-state index is 12.8. The first-order chi connectivity index (χ1) is 11.1. The maximum Gasteiger partial charge on any atom is 0.228 e. The van der Waals surface area contributed by atoms with E-state index >= 15 is 0 Å². The lowest BCUT2D eigenvalue weighted by Gasteiger charge is -2.26. The van der Waals surface area contributed by atoms with Crippen molar-refractivity contribution in [2.75, 3.05) is 11.1 Å². The van der Waals surface area contributed by atoms with E-state index in [1.54, 1.807) is 0 Å². The molecule has 2 aliphatic carbocycles. The quantitative estimate of drug-likeness (QED) is 0.829. The van der Waals surface area contributed by atoms with E-state index in [4.69, 9.17) is 5.73 Å². The molecule has 3 nitrogen and oxygen atoms in total. The summed E-state index contributed by atoms with van der Waals surface area (Å²) in [6.07, 6.45) is 4.41. The van der Waals surface area contributed by atoms with Crippen molar-refractivity contribution in [1.82, 2.24) is 0 Å². The van der Waals surface area contributed by atoms with Crippen LogP contribution in [0, 0.1) is 12.8 Å². The highest BCUT2D eigenvalue weighted by molar-refractivity contribution is 5.97. The number of hydrogen-bond acceptors (Lipinski definition) is 2. The lowest BCUT2D eigenvalue weighted by Crippen LogP contribution is -2.25. The molecule has 3 N–H and O–H groups in total. The van der Waals surface area contributed by atoms with Crippen molar-refractivity contribution in [3.05, 3.63) is 59.2 Å². The largest absolute Gasteiger partial charge is 0.399 e.